The van der Waals surface area contributed by atoms with Gasteiger partial charge in [0.15, 0.2) is 0 Å². The molecule has 0 aliphatic carbocycles. The summed E-state index contributed by atoms with van der Waals surface area (Å²) in [5.41, 5.74) is 1.98. The van der Waals surface area contributed by atoms with Gasteiger partial charge in [-0.1, -0.05) is 12.1 Å². The van der Waals surface area contributed by atoms with Gasteiger partial charge in [-0.05, 0) is 52.6 Å². The van der Waals surface area contributed by atoms with E-state index in [1.54, 1.807) is 0 Å². The Morgan fingerprint density at radius 1 is 1.39 bits per heavy atom. The number of nitrogens with one attached hydrogen (secondary N) is 1. The Hall–Kier alpha value is -1.37. The zero-order chi connectivity index (χ0) is 13.8. The summed E-state index contributed by atoms with van der Waals surface area (Å²) in [4.78, 5) is 2.21. The number of nitriles is 1. The molecule has 1 aromatic rings. The van der Waals surface area contributed by atoms with Gasteiger partial charge in [0.1, 0.15) is 0 Å². The molecule has 0 aliphatic heterocycles. The molecule has 0 aliphatic rings. The summed E-state index contributed by atoms with van der Waals surface area (Å²) in [5.74, 6) is 0. The van der Waals surface area contributed by atoms with Crippen LogP contribution in [0.15, 0.2) is 24.3 Å². The summed E-state index contributed by atoms with van der Waals surface area (Å²) >= 11 is 0. The minimum absolute atomic E-state index is 0.112. The van der Waals surface area contributed by atoms with Crippen LogP contribution in [0.1, 0.15) is 37.9 Å². The lowest BCUT2D eigenvalue weighted by atomic mass is 10.0. The molecule has 0 bridgehead atoms. The summed E-state index contributed by atoms with van der Waals surface area (Å²) in [6, 6.07) is 10.2. The summed E-state index contributed by atoms with van der Waals surface area (Å²) < 4.78 is 0. The average molecular weight is 245 g/mol. The van der Waals surface area contributed by atoms with Gasteiger partial charge in [0.05, 0.1) is 11.6 Å². The third-order valence-corrected chi connectivity index (χ3v) is 3.57. The van der Waals surface area contributed by atoms with E-state index in [0.717, 1.165) is 12.1 Å². The van der Waals surface area contributed by atoms with Crippen molar-refractivity contribution in [3.8, 4) is 6.07 Å². The number of nitrogens with zero attached hydrogens (tertiary/aromatic N) is 2. The molecular weight excluding hydrogens is 222 g/mol. The lowest BCUT2D eigenvalue weighted by Gasteiger charge is -2.34. The monoisotopic (exact) mass is 245 g/mol. The number of rotatable bonds is 5. The SMILES string of the molecule is CC(NCC(C)(C)N(C)C)c1cccc(C#N)c1. The highest BCUT2D eigenvalue weighted by Crippen LogP contribution is 2.16. The Bertz CT molecular complexity index is 430. The Morgan fingerprint density at radius 3 is 2.61 bits per heavy atom. The molecule has 0 fully saturated rings. The van der Waals surface area contributed by atoms with Crippen LogP contribution >= 0.6 is 0 Å². The van der Waals surface area contributed by atoms with Crippen molar-refractivity contribution in [1.29, 1.82) is 5.26 Å². The highest BCUT2D eigenvalue weighted by atomic mass is 15.2. The van der Waals surface area contributed by atoms with Crippen LogP contribution in [-0.4, -0.2) is 31.1 Å². The smallest absolute Gasteiger partial charge is 0.0991 e. The largest absolute Gasteiger partial charge is 0.308 e. The van der Waals surface area contributed by atoms with Gasteiger partial charge in [0.2, 0.25) is 0 Å². The molecule has 0 amide bonds. The van der Waals surface area contributed by atoms with Gasteiger partial charge in [-0.3, -0.25) is 0 Å². The maximum Gasteiger partial charge on any atom is 0.0991 e. The molecule has 0 spiro atoms. The molecular formula is C15H23N3. The minimum atomic E-state index is 0.112. The standard InChI is InChI=1S/C15H23N3/c1-12(17-11-15(2,3)18(4)5)14-8-6-7-13(9-14)10-16/h6-9,12,17H,11H2,1-5H3. The van der Waals surface area contributed by atoms with Gasteiger partial charge in [0.25, 0.3) is 0 Å². The molecule has 1 unspecified atom stereocenters. The fourth-order valence-electron chi connectivity index (χ4n) is 1.56. The predicted molar refractivity (Wildman–Crippen MR) is 75.3 cm³/mol. The van der Waals surface area contributed by atoms with Gasteiger partial charge in [-0.15, -0.1) is 0 Å². The van der Waals surface area contributed by atoms with E-state index in [1.165, 1.54) is 0 Å². The first-order valence-corrected chi connectivity index (χ1v) is 6.27. The lowest BCUT2D eigenvalue weighted by Crippen LogP contribution is -2.47. The van der Waals surface area contributed by atoms with E-state index in [0.29, 0.717) is 5.56 Å². The summed E-state index contributed by atoms with van der Waals surface area (Å²) in [6.45, 7) is 7.44. The first-order chi connectivity index (χ1) is 8.36. The Balaban J connectivity index is 2.66. The van der Waals surface area contributed by atoms with Gasteiger partial charge >= 0.3 is 0 Å². The first kappa shape index (κ1) is 14.7. The number of hydrogen-bond donors (Lipinski definition) is 1. The number of benzene rings is 1. The first-order valence-electron chi connectivity index (χ1n) is 6.27. The van der Waals surface area contributed by atoms with Crippen molar-refractivity contribution in [2.45, 2.75) is 32.4 Å². The molecule has 3 heteroatoms. The van der Waals surface area contributed by atoms with Gasteiger partial charge < -0.3 is 10.2 Å². The van der Waals surface area contributed by atoms with Gasteiger partial charge in [0, 0.05) is 18.1 Å². The highest BCUT2D eigenvalue weighted by molar-refractivity contribution is 5.34. The van der Waals surface area contributed by atoms with E-state index in [9.17, 15) is 0 Å². The van der Waals surface area contributed by atoms with Crippen molar-refractivity contribution in [2.24, 2.45) is 0 Å². The van der Waals surface area contributed by atoms with Crippen molar-refractivity contribution >= 4 is 0 Å². The summed E-state index contributed by atoms with van der Waals surface area (Å²) in [7, 11) is 4.17. The fraction of sp³-hybridized carbons (Fsp3) is 0.533. The third kappa shape index (κ3) is 3.83. The zero-order valence-corrected chi connectivity index (χ0v) is 12.0. The molecule has 0 saturated carbocycles. The maximum atomic E-state index is 8.90. The van der Waals surface area contributed by atoms with E-state index < -0.39 is 0 Å². The molecule has 3 nitrogen and oxygen atoms in total. The molecule has 1 rings (SSSR count). The van der Waals surface area contributed by atoms with Crippen molar-refractivity contribution in [3.63, 3.8) is 0 Å². The Labute approximate surface area is 110 Å². The van der Waals surface area contributed by atoms with Crippen LogP contribution in [0.2, 0.25) is 0 Å². The van der Waals surface area contributed by atoms with Gasteiger partial charge in [-0.25, -0.2) is 0 Å². The zero-order valence-electron chi connectivity index (χ0n) is 12.0. The molecule has 18 heavy (non-hydrogen) atoms. The second kappa shape index (κ2) is 5.99. The molecule has 0 heterocycles. The van der Waals surface area contributed by atoms with E-state index in [2.05, 4.69) is 57.2 Å². The van der Waals surface area contributed by atoms with E-state index in [1.807, 2.05) is 18.2 Å². The molecule has 1 N–H and O–H groups in total. The normalized spacial score (nSPS) is 13.4. The Morgan fingerprint density at radius 2 is 2.06 bits per heavy atom. The van der Waals surface area contributed by atoms with E-state index in [-0.39, 0.29) is 11.6 Å². The van der Waals surface area contributed by atoms with Crippen molar-refractivity contribution < 1.29 is 0 Å². The summed E-state index contributed by atoms with van der Waals surface area (Å²) in [5, 5.41) is 12.4. The van der Waals surface area contributed by atoms with Crippen LogP contribution in [0, 0.1) is 11.3 Å². The van der Waals surface area contributed by atoms with Crippen LogP contribution < -0.4 is 5.32 Å². The molecule has 98 valence electrons. The maximum absolute atomic E-state index is 8.90. The van der Waals surface area contributed by atoms with Crippen molar-refractivity contribution in [3.05, 3.63) is 35.4 Å². The topological polar surface area (TPSA) is 39.1 Å². The quantitative estimate of drug-likeness (QED) is 0.866. The summed E-state index contributed by atoms with van der Waals surface area (Å²) in [6.07, 6.45) is 0. The highest BCUT2D eigenvalue weighted by Gasteiger charge is 2.21. The van der Waals surface area contributed by atoms with Crippen LogP contribution in [-0.2, 0) is 0 Å². The van der Waals surface area contributed by atoms with Crippen LogP contribution in [0.5, 0.6) is 0 Å². The van der Waals surface area contributed by atoms with Gasteiger partial charge in [-0.2, -0.15) is 5.26 Å². The fourth-order valence-corrected chi connectivity index (χ4v) is 1.56. The van der Waals surface area contributed by atoms with Crippen LogP contribution in [0.4, 0.5) is 0 Å². The van der Waals surface area contributed by atoms with E-state index >= 15 is 0 Å². The third-order valence-electron chi connectivity index (χ3n) is 3.57. The molecule has 1 atom stereocenters. The Kier molecular flexibility index (Phi) is 4.89. The average Bonchev–Trinajstić information content (AvgIpc) is 2.36. The molecule has 1 aromatic carbocycles. The second-order valence-corrected chi connectivity index (χ2v) is 5.55. The van der Waals surface area contributed by atoms with E-state index in [4.69, 9.17) is 5.26 Å². The number of likely N-dealkylation sites (N-methyl/N-ethyl adjacent to an activating group) is 1. The van der Waals surface area contributed by atoms with Crippen molar-refractivity contribution in [1.82, 2.24) is 10.2 Å². The molecule has 0 radical (unpaired) electrons. The predicted octanol–water partition coefficient (Wildman–Crippen LogP) is 2.55. The lowest BCUT2D eigenvalue weighted by molar-refractivity contribution is 0.185. The second-order valence-electron chi connectivity index (χ2n) is 5.55. The minimum Gasteiger partial charge on any atom is -0.308 e. The molecule has 0 aromatic heterocycles. The molecule has 0 saturated heterocycles. The number of hydrogen-bond acceptors (Lipinski definition) is 3. The van der Waals surface area contributed by atoms with Crippen molar-refractivity contribution in [2.75, 3.05) is 20.6 Å². The van der Waals surface area contributed by atoms with Crippen LogP contribution in [0.25, 0.3) is 0 Å². The van der Waals surface area contributed by atoms with Crippen LogP contribution in [0.3, 0.4) is 0 Å².